The summed E-state index contributed by atoms with van der Waals surface area (Å²) in [5.41, 5.74) is 3.45. The predicted octanol–water partition coefficient (Wildman–Crippen LogP) is 5.42. The fraction of sp³-hybridized carbons (Fsp3) is 0.217. The first-order valence-electron chi connectivity index (χ1n) is 9.65. The lowest BCUT2D eigenvalue weighted by atomic mass is 10.0. The molecule has 0 bridgehead atoms. The van der Waals surface area contributed by atoms with E-state index in [1.165, 1.54) is 12.1 Å². The van der Waals surface area contributed by atoms with Crippen molar-refractivity contribution in [1.29, 1.82) is 0 Å². The largest absolute Gasteiger partial charge is 0.455 e. The summed E-state index contributed by atoms with van der Waals surface area (Å²) in [6, 6.07) is 14.3. The summed E-state index contributed by atoms with van der Waals surface area (Å²) < 4.78 is 45.0. The van der Waals surface area contributed by atoms with Gasteiger partial charge in [0.15, 0.2) is 0 Å². The number of aromatic nitrogens is 4. The molecule has 0 aliphatic carbocycles. The number of fused-ring (bicyclic) bond motifs is 1. The number of rotatable bonds is 5. The molecule has 0 spiro atoms. The van der Waals surface area contributed by atoms with Crippen LogP contribution in [0.3, 0.4) is 0 Å². The van der Waals surface area contributed by atoms with Gasteiger partial charge < -0.3 is 4.74 Å². The molecule has 0 aliphatic heterocycles. The molecule has 0 amide bonds. The van der Waals surface area contributed by atoms with Crippen molar-refractivity contribution in [3.63, 3.8) is 0 Å². The Bertz CT molecular complexity index is 1190. The number of alkyl halides is 3. The maximum Gasteiger partial charge on any atom is 0.416 e. The van der Waals surface area contributed by atoms with Gasteiger partial charge in [-0.15, -0.1) is 0 Å². The molecule has 0 N–H and O–H groups in total. The quantitative estimate of drug-likeness (QED) is 0.428. The van der Waals surface area contributed by atoms with Gasteiger partial charge in [0.05, 0.1) is 22.3 Å². The highest BCUT2D eigenvalue weighted by atomic mass is 19.4. The lowest BCUT2D eigenvalue weighted by Gasteiger charge is -2.19. The van der Waals surface area contributed by atoms with Crippen molar-refractivity contribution in [2.75, 3.05) is 0 Å². The molecular weight excluding hydrogens is 405 g/mol. The van der Waals surface area contributed by atoms with E-state index in [2.05, 4.69) is 19.9 Å². The molecule has 1 unspecified atom stereocenters. The van der Waals surface area contributed by atoms with Crippen molar-refractivity contribution in [2.45, 2.75) is 32.5 Å². The van der Waals surface area contributed by atoms with Crippen LogP contribution in [0.1, 0.15) is 34.3 Å². The number of hydrogen-bond acceptors (Lipinski definition) is 5. The third kappa shape index (κ3) is 4.96. The zero-order valence-corrected chi connectivity index (χ0v) is 16.9. The van der Waals surface area contributed by atoms with Gasteiger partial charge in [-0.2, -0.15) is 13.2 Å². The van der Waals surface area contributed by atoms with Gasteiger partial charge >= 0.3 is 12.2 Å². The molecule has 2 aromatic heterocycles. The summed E-state index contributed by atoms with van der Waals surface area (Å²) >= 11 is 0. The molecule has 4 aromatic rings. The average Bonchev–Trinajstić information content (AvgIpc) is 2.72. The molecule has 31 heavy (non-hydrogen) atoms. The molecule has 4 rings (SSSR count). The molecule has 8 heteroatoms. The van der Waals surface area contributed by atoms with Crippen LogP contribution in [0.5, 0.6) is 6.01 Å². The highest BCUT2D eigenvalue weighted by Gasteiger charge is 2.30. The monoisotopic (exact) mass is 424 g/mol. The topological polar surface area (TPSA) is 60.8 Å². The third-order valence-electron chi connectivity index (χ3n) is 4.71. The van der Waals surface area contributed by atoms with Crippen molar-refractivity contribution in [3.05, 3.63) is 89.0 Å². The van der Waals surface area contributed by atoms with Gasteiger partial charge in [0.1, 0.15) is 6.10 Å². The van der Waals surface area contributed by atoms with Crippen molar-refractivity contribution < 1.29 is 17.9 Å². The van der Waals surface area contributed by atoms with Crippen LogP contribution < -0.4 is 4.74 Å². The van der Waals surface area contributed by atoms with Crippen molar-refractivity contribution in [1.82, 2.24) is 19.9 Å². The lowest BCUT2D eigenvalue weighted by molar-refractivity contribution is -0.137. The number of nitrogens with zero attached hydrogens (tertiary/aromatic N) is 4. The molecule has 158 valence electrons. The molecule has 0 aliphatic rings. The molecule has 2 heterocycles. The first-order valence-corrected chi connectivity index (χ1v) is 9.65. The van der Waals surface area contributed by atoms with E-state index in [0.717, 1.165) is 34.6 Å². The zero-order valence-electron chi connectivity index (χ0n) is 16.9. The van der Waals surface area contributed by atoms with E-state index in [9.17, 15) is 13.2 Å². The Balaban J connectivity index is 1.68. The van der Waals surface area contributed by atoms with E-state index in [1.54, 1.807) is 6.20 Å². The second kappa shape index (κ2) is 8.29. The van der Waals surface area contributed by atoms with Gasteiger partial charge in [-0.25, -0.2) is 15.0 Å². The van der Waals surface area contributed by atoms with Gasteiger partial charge in [0, 0.05) is 24.0 Å². The van der Waals surface area contributed by atoms with Crippen LogP contribution in [-0.2, 0) is 12.6 Å². The molecule has 2 aromatic carbocycles. The minimum Gasteiger partial charge on any atom is -0.455 e. The molecule has 1 atom stereocenters. The third-order valence-corrected chi connectivity index (χ3v) is 4.71. The SMILES string of the molecule is Cc1cc(C)nc(OC(Cc2cnc3ccccc3n2)c2ccc(C(F)(F)F)cc2)n1. The Labute approximate surface area is 177 Å². The molecule has 5 nitrogen and oxygen atoms in total. The first-order chi connectivity index (χ1) is 14.8. The summed E-state index contributed by atoms with van der Waals surface area (Å²) in [7, 11) is 0. The van der Waals surface area contributed by atoms with Crippen LogP contribution in [0.15, 0.2) is 60.8 Å². The van der Waals surface area contributed by atoms with Crippen molar-refractivity contribution in [3.8, 4) is 6.01 Å². The smallest absolute Gasteiger partial charge is 0.416 e. The van der Waals surface area contributed by atoms with E-state index in [0.29, 0.717) is 17.7 Å². The van der Waals surface area contributed by atoms with Crippen LogP contribution in [0.2, 0.25) is 0 Å². The number of halogens is 3. The fourth-order valence-corrected chi connectivity index (χ4v) is 3.27. The summed E-state index contributed by atoms with van der Waals surface area (Å²) in [6.07, 6.45) is -3.11. The maximum absolute atomic E-state index is 13.0. The highest BCUT2D eigenvalue weighted by Crippen LogP contribution is 2.31. The van der Waals surface area contributed by atoms with Crippen LogP contribution in [0.25, 0.3) is 11.0 Å². The van der Waals surface area contributed by atoms with Crippen LogP contribution in [0.4, 0.5) is 13.2 Å². The normalized spacial score (nSPS) is 12.7. The van der Waals surface area contributed by atoms with Crippen molar-refractivity contribution in [2.24, 2.45) is 0 Å². The van der Waals surface area contributed by atoms with E-state index in [4.69, 9.17) is 4.74 Å². The fourth-order valence-electron chi connectivity index (χ4n) is 3.27. The Kier molecular flexibility index (Phi) is 5.54. The summed E-state index contributed by atoms with van der Waals surface area (Å²) in [6.45, 7) is 3.65. The maximum atomic E-state index is 13.0. The Morgan fingerprint density at radius 1 is 0.871 bits per heavy atom. The summed E-state index contributed by atoms with van der Waals surface area (Å²) in [4.78, 5) is 17.6. The van der Waals surface area contributed by atoms with Gasteiger partial charge in [0.25, 0.3) is 0 Å². The Morgan fingerprint density at radius 3 is 2.16 bits per heavy atom. The minimum atomic E-state index is -4.41. The van der Waals surface area contributed by atoms with Crippen LogP contribution >= 0.6 is 0 Å². The van der Waals surface area contributed by atoms with Gasteiger partial charge in [-0.1, -0.05) is 24.3 Å². The van der Waals surface area contributed by atoms with E-state index >= 15 is 0 Å². The summed E-state index contributed by atoms with van der Waals surface area (Å²) in [5.74, 6) is 0. The minimum absolute atomic E-state index is 0.163. The molecule has 0 saturated carbocycles. The molecule has 0 saturated heterocycles. The van der Waals surface area contributed by atoms with Crippen molar-refractivity contribution >= 4 is 11.0 Å². The zero-order chi connectivity index (χ0) is 22.0. The number of ether oxygens (including phenoxy) is 1. The second-order valence-electron chi connectivity index (χ2n) is 7.21. The molecule has 0 radical (unpaired) electrons. The standard InChI is InChI=1S/C23H19F3N4O/c1-14-11-15(2)29-22(28-14)31-21(16-7-9-17(10-8-16)23(24,25)26)12-18-13-27-19-5-3-4-6-20(19)30-18/h3-11,13,21H,12H2,1-2H3. The van der Waals surface area contributed by atoms with E-state index in [1.807, 2.05) is 44.2 Å². The highest BCUT2D eigenvalue weighted by molar-refractivity contribution is 5.73. The second-order valence-corrected chi connectivity index (χ2v) is 7.21. The Hall–Kier alpha value is -3.55. The predicted molar refractivity (Wildman–Crippen MR) is 110 cm³/mol. The van der Waals surface area contributed by atoms with Gasteiger partial charge in [0.2, 0.25) is 0 Å². The van der Waals surface area contributed by atoms with E-state index < -0.39 is 17.8 Å². The van der Waals surface area contributed by atoms with Gasteiger partial charge in [-0.3, -0.25) is 4.98 Å². The first kappa shape index (κ1) is 20.7. The molecular formula is C23H19F3N4O. The van der Waals surface area contributed by atoms with Gasteiger partial charge in [-0.05, 0) is 49.7 Å². The number of para-hydroxylation sites is 2. The number of hydrogen-bond donors (Lipinski definition) is 0. The Morgan fingerprint density at radius 2 is 1.52 bits per heavy atom. The average molecular weight is 424 g/mol. The number of benzene rings is 2. The summed E-state index contributed by atoms with van der Waals surface area (Å²) in [5, 5.41) is 0. The number of aryl methyl sites for hydroxylation is 2. The lowest BCUT2D eigenvalue weighted by Crippen LogP contribution is -2.15. The van der Waals surface area contributed by atoms with Crippen LogP contribution in [-0.4, -0.2) is 19.9 Å². The van der Waals surface area contributed by atoms with Crippen LogP contribution in [0, 0.1) is 13.8 Å². The molecule has 0 fully saturated rings. The van der Waals surface area contributed by atoms with E-state index in [-0.39, 0.29) is 6.01 Å².